The van der Waals surface area contributed by atoms with Crippen LogP contribution >= 0.6 is 15.9 Å². The monoisotopic (exact) mass is 313 g/mol. The fourth-order valence-electron chi connectivity index (χ4n) is 1.85. The number of nitrogens with one attached hydrogen (secondary N) is 1. The largest absolute Gasteiger partial charge is 0.367 e. The Morgan fingerprint density at radius 2 is 1.94 bits per heavy atom. The molecule has 3 nitrogen and oxygen atoms in total. The maximum Gasteiger partial charge on any atom is 0.131 e. The molecule has 4 heteroatoms. The van der Waals surface area contributed by atoms with Crippen molar-refractivity contribution in [3.8, 4) is 0 Å². The first kappa shape index (κ1) is 15.4. The summed E-state index contributed by atoms with van der Waals surface area (Å²) in [6, 6.07) is 2.40. The summed E-state index contributed by atoms with van der Waals surface area (Å²) in [5.41, 5.74) is 0. The number of hydrogen-bond donors (Lipinski definition) is 1. The number of aromatic nitrogens is 2. The lowest BCUT2D eigenvalue weighted by Crippen LogP contribution is -2.16. The van der Waals surface area contributed by atoms with E-state index in [0.717, 1.165) is 28.6 Å². The Morgan fingerprint density at radius 3 is 2.56 bits per heavy atom. The SMILES string of the molecule is CCc1nc(Br)cc(NC(C)CCCC(C)C)n1. The first-order chi connectivity index (χ1) is 8.51. The second kappa shape index (κ2) is 7.72. The van der Waals surface area contributed by atoms with Gasteiger partial charge in [0.05, 0.1) is 0 Å². The van der Waals surface area contributed by atoms with Crippen molar-refractivity contribution in [2.75, 3.05) is 5.32 Å². The highest BCUT2D eigenvalue weighted by Gasteiger charge is 2.06. The summed E-state index contributed by atoms with van der Waals surface area (Å²) >= 11 is 3.42. The van der Waals surface area contributed by atoms with Gasteiger partial charge in [-0.2, -0.15) is 0 Å². The smallest absolute Gasteiger partial charge is 0.131 e. The molecule has 0 aliphatic rings. The second-order valence-electron chi connectivity index (χ2n) is 5.22. The van der Waals surface area contributed by atoms with E-state index in [4.69, 9.17) is 0 Å². The fraction of sp³-hybridized carbons (Fsp3) is 0.714. The highest BCUT2D eigenvalue weighted by Crippen LogP contribution is 2.16. The molecule has 0 spiro atoms. The van der Waals surface area contributed by atoms with E-state index < -0.39 is 0 Å². The van der Waals surface area contributed by atoms with Crippen LogP contribution < -0.4 is 5.32 Å². The first-order valence-electron chi connectivity index (χ1n) is 6.81. The molecule has 1 N–H and O–H groups in total. The zero-order valence-electron chi connectivity index (χ0n) is 11.8. The van der Waals surface area contributed by atoms with Crippen LogP contribution in [0.3, 0.4) is 0 Å². The minimum atomic E-state index is 0.454. The lowest BCUT2D eigenvalue weighted by Gasteiger charge is -2.15. The van der Waals surface area contributed by atoms with Crippen LogP contribution in [-0.4, -0.2) is 16.0 Å². The van der Waals surface area contributed by atoms with Gasteiger partial charge in [-0.15, -0.1) is 0 Å². The van der Waals surface area contributed by atoms with Crippen molar-refractivity contribution in [2.45, 2.75) is 59.4 Å². The number of anilines is 1. The van der Waals surface area contributed by atoms with Gasteiger partial charge < -0.3 is 5.32 Å². The van der Waals surface area contributed by atoms with Gasteiger partial charge in [0, 0.05) is 18.5 Å². The molecule has 0 aromatic carbocycles. The van der Waals surface area contributed by atoms with Crippen LogP contribution in [0, 0.1) is 5.92 Å². The molecule has 1 rings (SSSR count). The minimum Gasteiger partial charge on any atom is -0.367 e. The Balaban J connectivity index is 2.48. The van der Waals surface area contributed by atoms with Crippen LogP contribution in [0.15, 0.2) is 10.7 Å². The summed E-state index contributed by atoms with van der Waals surface area (Å²) in [4.78, 5) is 8.79. The van der Waals surface area contributed by atoms with Crippen molar-refractivity contribution in [3.05, 3.63) is 16.5 Å². The highest BCUT2D eigenvalue weighted by molar-refractivity contribution is 9.10. The molecule has 18 heavy (non-hydrogen) atoms. The summed E-state index contributed by atoms with van der Waals surface area (Å²) in [5.74, 6) is 2.59. The third-order valence-electron chi connectivity index (χ3n) is 2.87. The van der Waals surface area contributed by atoms with Crippen molar-refractivity contribution >= 4 is 21.7 Å². The molecule has 1 aromatic rings. The van der Waals surface area contributed by atoms with Crippen molar-refractivity contribution < 1.29 is 0 Å². The number of aryl methyl sites for hydroxylation is 1. The molecule has 1 aromatic heterocycles. The number of rotatable bonds is 7. The maximum atomic E-state index is 4.48. The average molecular weight is 314 g/mol. The third kappa shape index (κ3) is 5.80. The maximum absolute atomic E-state index is 4.48. The summed E-state index contributed by atoms with van der Waals surface area (Å²) in [6.45, 7) is 8.82. The van der Waals surface area contributed by atoms with Gasteiger partial charge in [-0.05, 0) is 35.2 Å². The molecule has 0 aliphatic carbocycles. The average Bonchev–Trinajstić information content (AvgIpc) is 2.27. The van der Waals surface area contributed by atoms with Gasteiger partial charge in [-0.3, -0.25) is 0 Å². The number of nitrogens with zero attached hydrogens (tertiary/aromatic N) is 2. The summed E-state index contributed by atoms with van der Waals surface area (Å²) in [5, 5.41) is 3.45. The number of halogens is 1. The molecule has 0 saturated carbocycles. The molecule has 0 bridgehead atoms. The third-order valence-corrected chi connectivity index (χ3v) is 3.28. The minimum absolute atomic E-state index is 0.454. The Hall–Kier alpha value is -0.640. The molecule has 1 unspecified atom stereocenters. The highest BCUT2D eigenvalue weighted by atomic mass is 79.9. The first-order valence-corrected chi connectivity index (χ1v) is 7.60. The van der Waals surface area contributed by atoms with Gasteiger partial charge in [0.25, 0.3) is 0 Å². The van der Waals surface area contributed by atoms with Crippen LogP contribution in [0.1, 0.15) is 52.8 Å². The summed E-state index contributed by atoms with van der Waals surface area (Å²) < 4.78 is 0.853. The second-order valence-corrected chi connectivity index (χ2v) is 6.03. The van der Waals surface area contributed by atoms with Gasteiger partial charge in [0.15, 0.2) is 0 Å². The molecular weight excluding hydrogens is 290 g/mol. The van der Waals surface area contributed by atoms with Crippen molar-refractivity contribution in [3.63, 3.8) is 0 Å². The standard InChI is InChI=1S/C14H24BrN3/c1-5-13-17-12(15)9-14(18-13)16-11(4)8-6-7-10(2)3/h9-11H,5-8H2,1-4H3,(H,16,17,18). The van der Waals surface area contributed by atoms with Gasteiger partial charge in [0.2, 0.25) is 0 Å². The van der Waals surface area contributed by atoms with E-state index in [1.807, 2.05) is 6.07 Å². The van der Waals surface area contributed by atoms with Crippen LogP contribution in [0.5, 0.6) is 0 Å². The Kier molecular flexibility index (Phi) is 6.61. The zero-order chi connectivity index (χ0) is 13.5. The molecule has 0 fully saturated rings. The molecule has 0 saturated heterocycles. The van der Waals surface area contributed by atoms with E-state index in [1.165, 1.54) is 19.3 Å². The predicted molar refractivity (Wildman–Crippen MR) is 80.9 cm³/mol. The molecule has 1 atom stereocenters. The quantitative estimate of drug-likeness (QED) is 0.757. The molecule has 0 radical (unpaired) electrons. The lowest BCUT2D eigenvalue weighted by atomic mass is 10.0. The van der Waals surface area contributed by atoms with E-state index in [9.17, 15) is 0 Å². The number of hydrogen-bond acceptors (Lipinski definition) is 3. The lowest BCUT2D eigenvalue weighted by molar-refractivity contribution is 0.520. The van der Waals surface area contributed by atoms with E-state index in [2.05, 4.69) is 58.9 Å². The molecule has 102 valence electrons. The van der Waals surface area contributed by atoms with Crippen LogP contribution in [0.25, 0.3) is 0 Å². The summed E-state index contributed by atoms with van der Waals surface area (Å²) in [7, 11) is 0. The predicted octanol–water partition coefficient (Wildman–Crippen LogP) is 4.43. The Labute approximate surface area is 119 Å². The van der Waals surface area contributed by atoms with Crippen LogP contribution in [0.2, 0.25) is 0 Å². The van der Waals surface area contributed by atoms with Crippen molar-refractivity contribution in [2.24, 2.45) is 5.92 Å². The van der Waals surface area contributed by atoms with Crippen LogP contribution in [-0.2, 0) is 6.42 Å². The Morgan fingerprint density at radius 1 is 1.22 bits per heavy atom. The zero-order valence-corrected chi connectivity index (χ0v) is 13.4. The van der Waals surface area contributed by atoms with Gasteiger partial charge in [-0.25, -0.2) is 9.97 Å². The normalized spacial score (nSPS) is 12.8. The van der Waals surface area contributed by atoms with E-state index in [1.54, 1.807) is 0 Å². The molecule has 1 heterocycles. The van der Waals surface area contributed by atoms with Gasteiger partial charge in [-0.1, -0.05) is 33.6 Å². The van der Waals surface area contributed by atoms with E-state index in [0.29, 0.717) is 6.04 Å². The van der Waals surface area contributed by atoms with E-state index in [-0.39, 0.29) is 0 Å². The van der Waals surface area contributed by atoms with Crippen molar-refractivity contribution in [1.29, 1.82) is 0 Å². The molecule has 0 aliphatic heterocycles. The van der Waals surface area contributed by atoms with Gasteiger partial charge >= 0.3 is 0 Å². The Bertz CT molecular complexity index is 366. The topological polar surface area (TPSA) is 37.8 Å². The van der Waals surface area contributed by atoms with Crippen molar-refractivity contribution in [1.82, 2.24) is 9.97 Å². The fourth-order valence-corrected chi connectivity index (χ4v) is 2.28. The van der Waals surface area contributed by atoms with Gasteiger partial charge in [0.1, 0.15) is 16.2 Å². The van der Waals surface area contributed by atoms with Crippen LogP contribution in [0.4, 0.5) is 5.82 Å². The molecule has 0 amide bonds. The van der Waals surface area contributed by atoms with E-state index >= 15 is 0 Å². The molecular formula is C14H24BrN3. The summed E-state index contributed by atoms with van der Waals surface area (Å²) in [6.07, 6.45) is 4.59.